The quantitative estimate of drug-likeness (QED) is 0.350. The van der Waals surface area contributed by atoms with Crippen molar-refractivity contribution in [3.8, 4) is 0 Å². The molecular weight excluding hydrogens is 292 g/mol. The Morgan fingerprint density at radius 1 is 1.33 bits per heavy atom. The summed E-state index contributed by atoms with van der Waals surface area (Å²) >= 11 is 1.33. The molecule has 0 rings (SSSR count). The summed E-state index contributed by atoms with van der Waals surface area (Å²) in [6, 6.07) is 0. The van der Waals surface area contributed by atoms with Crippen LogP contribution in [0, 0.1) is 0 Å². The van der Waals surface area contributed by atoms with E-state index >= 15 is 0 Å². The summed E-state index contributed by atoms with van der Waals surface area (Å²) in [6.07, 6.45) is 0. The van der Waals surface area contributed by atoms with E-state index in [4.69, 9.17) is 10.2 Å². The number of carbonyl (C=O) groups is 1. The molecule has 0 saturated carbocycles. The van der Waals surface area contributed by atoms with Crippen LogP contribution < -0.4 is 0 Å². The lowest BCUT2D eigenvalue weighted by molar-refractivity contribution is -0.343. The summed E-state index contributed by atoms with van der Waals surface area (Å²) in [5.41, 5.74) is 0. The zero-order valence-corrected chi connectivity index (χ0v) is 8.89. The average Bonchev–Trinajstić information content (AvgIpc) is 2.02. The van der Waals surface area contributed by atoms with Crippen molar-refractivity contribution in [2.24, 2.45) is 0 Å². The minimum absolute atomic E-state index is 0.516. The van der Waals surface area contributed by atoms with Gasteiger partial charge in [0.25, 0.3) is 0 Å². The van der Waals surface area contributed by atoms with E-state index < -0.39 is 29.1 Å². The Morgan fingerprint density at radius 3 is 2.00 bits per heavy atom. The van der Waals surface area contributed by atoms with Crippen molar-refractivity contribution in [1.29, 1.82) is 0 Å². The fourth-order valence-corrected chi connectivity index (χ4v) is 0.791. The average molecular weight is 299 g/mol. The van der Waals surface area contributed by atoms with Crippen molar-refractivity contribution in [2.75, 3.05) is 6.61 Å². The summed E-state index contributed by atoms with van der Waals surface area (Å²) in [5, 5.41) is 17.0. The molecule has 0 saturated heterocycles. The third-order valence-corrected chi connectivity index (χ3v) is 1.92. The molecule has 9 heteroatoms. The van der Waals surface area contributed by atoms with Crippen LogP contribution in [0.15, 0.2) is 0 Å². The maximum Gasteiger partial charge on any atom is 0.402 e. The number of carbonyl (C=O) groups excluding carboxylic acids is 1. The van der Waals surface area contributed by atoms with Crippen LogP contribution in [0.25, 0.3) is 0 Å². The van der Waals surface area contributed by atoms with Crippen LogP contribution >= 0.6 is 15.9 Å². The molecule has 0 heterocycles. The Hall–Kier alpha value is -0.410. The van der Waals surface area contributed by atoms with Gasteiger partial charge < -0.3 is 14.9 Å². The molecule has 90 valence electrons. The first-order chi connectivity index (χ1) is 6.48. The van der Waals surface area contributed by atoms with Crippen molar-refractivity contribution in [1.82, 2.24) is 0 Å². The number of halogens is 5. The first-order valence-corrected chi connectivity index (χ1v) is 4.34. The molecule has 0 fully saturated rings. The molecule has 0 spiro atoms. The molecule has 0 aliphatic heterocycles. The highest BCUT2D eigenvalue weighted by atomic mass is 79.9. The van der Waals surface area contributed by atoms with Crippen LogP contribution in [0.1, 0.15) is 6.92 Å². The topological polar surface area (TPSA) is 66.8 Å². The van der Waals surface area contributed by atoms with E-state index in [9.17, 15) is 22.4 Å². The van der Waals surface area contributed by atoms with Gasteiger partial charge in [-0.2, -0.15) is 17.6 Å². The summed E-state index contributed by atoms with van der Waals surface area (Å²) in [4.78, 5) is 5.74. The highest BCUT2D eigenvalue weighted by Gasteiger charge is 2.71. The molecular formula is C6H7BrF4O4. The van der Waals surface area contributed by atoms with Crippen molar-refractivity contribution in [2.45, 2.75) is 23.5 Å². The van der Waals surface area contributed by atoms with Crippen LogP contribution in [0.5, 0.6) is 0 Å². The van der Waals surface area contributed by atoms with E-state index in [1.54, 1.807) is 0 Å². The number of esters is 1. The third-order valence-electron chi connectivity index (χ3n) is 1.36. The molecule has 0 bridgehead atoms. The zero-order valence-electron chi connectivity index (χ0n) is 7.31. The molecule has 0 amide bonds. The normalized spacial score (nSPS) is 13.9. The molecule has 0 aliphatic carbocycles. The number of aliphatic hydroxyl groups is 2. The molecule has 0 unspecified atom stereocenters. The predicted molar refractivity (Wildman–Crippen MR) is 42.6 cm³/mol. The van der Waals surface area contributed by atoms with E-state index in [1.165, 1.54) is 15.9 Å². The molecule has 15 heavy (non-hydrogen) atoms. The van der Waals surface area contributed by atoms with Gasteiger partial charge in [-0.1, -0.05) is 0 Å². The third kappa shape index (κ3) is 2.58. The fraction of sp³-hybridized carbons (Fsp3) is 0.833. The van der Waals surface area contributed by atoms with Crippen molar-refractivity contribution < 1.29 is 37.3 Å². The van der Waals surface area contributed by atoms with Crippen LogP contribution in [0.3, 0.4) is 0 Å². The minimum Gasteiger partial charge on any atom is -0.461 e. The molecule has 0 aromatic carbocycles. The maximum absolute atomic E-state index is 12.8. The monoisotopic (exact) mass is 298 g/mol. The molecule has 4 nitrogen and oxygen atoms in total. The minimum atomic E-state index is -5.16. The Labute approximate surface area is 90.0 Å². The van der Waals surface area contributed by atoms with Gasteiger partial charge >= 0.3 is 22.5 Å². The second-order valence-electron chi connectivity index (χ2n) is 2.46. The second kappa shape index (κ2) is 4.22. The van der Waals surface area contributed by atoms with E-state index in [0.29, 0.717) is 0 Å². The second-order valence-corrected chi connectivity index (χ2v) is 3.46. The summed E-state index contributed by atoms with van der Waals surface area (Å²) < 4.78 is 54.0. The van der Waals surface area contributed by atoms with E-state index in [2.05, 4.69) is 4.74 Å². The molecule has 0 aromatic rings. The highest BCUT2D eigenvalue weighted by Crippen LogP contribution is 2.43. The van der Waals surface area contributed by atoms with Gasteiger partial charge in [0.1, 0.15) is 0 Å². The van der Waals surface area contributed by atoms with Crippen LogP contribution in [0.2, 0.25) is 0 Å². The lowest BCUT2D eigenvalue weighted by Crippen LogP contribution is -2.62. The largest absolute Gasteiger partial charge is 0.461 e. The van der Waals surface area contributed by atoms with Gasteiger partial charge in [-0.3, -0.25) is 0 Å². The van der Waals surface area contributed by atoms with Crippen molar-refractivity contribution in [3.63, 3.8) is 0 Å². The SMILES string of the molecule is CCOC(=O)C(F)(F)C(O)(O)C(F)(F)Br. The number of rotatable bonds is 4. The maximum atomic E-state index is 12.8. The lowest BCUT2D eigenvalue weighted by atomic mass is 10.1. The van der Waals surface area contributed by atoms with Crippen molar-refractivity contribution in [3.05, 3.63) is 0 Å². The lowest BCUT2D eigenvalue weighted by Gasteiger charge is -2.31. The number of alkyl halides is 5. The number of ether oxygens (including phenoxy) is 1. The number of hydrogen-bond donors (Lipinski definition) is 2. The molecule has 0 aromatic heterocycles. The Morgan fingerprint density at radius 2 is 1.73 bits per heavy atom. The van der Waals surface area contributed by atoms with Crippen molar-refractivity contribution >= 4 is 21.9 Å². The standard InChI is InChI=1S/C6H7BrF4O4/c1-2-15-3(12)4(8,9)5(13,14)6(7,10)11/h13-14H,2H2,1H3. The van der Waals surface area contributed by atoms with Gasteiger partial charge in [-0.05, 0) is 22.9 Å². The van der Waals surface area contributed by atoms with Gasteiger partial charge in [-0.25, -0.2) is 4.79 Å². The van der Waals surface area contributed by atoms with E-state index in [1.807, 2.05) is 0 Å². The molecule has 0 radical (unpaired) electrons. The van der Waals surface area contributed by atoms with Gasteiger partial charge in [0.15, 0.2) is 0 Å². The summed E-state index contributed by atoms with van der Waals surface area (Å²) in [7, 11) is 0. The molecule has 0 aliphatic rings. The molecule has 0 atom stereocenters. The first kappa shape index (κ1) is 14.6. The van der Waals surface area contributed by atoms with Crippen LogP contribution in [-0.4, -0.2) is 39.3 Å². The smallest absolute Gasteiger partial charge is 0.402 e. The Kier molecular flexibility index (Phi) is 4.11. The predicted octanol–water partition coefficient (Wildman–Crippen LogP) is 0.853. The van der Waals surface area contributed by atoms with Gasteiger partial charge in [0.05, 0.1) is 6.61 Å². The summed E-state index contributed by atoms with van der Waals surface area (Å²) in [5.74, 6) is -12.5. The van der Waals surface area contributed by atoms with Gasteiger partial charge in [0.2, 0.25) is 0 Å². The van der Waals surface area contributed by atoms with Crippen LogP contribution in [-0.2, 0) is 9.53 Å². The Bertz CT molecular complexity index is 250. The first-order valence-electron chi connectivity index (χ1n) is 3.55. The van der Waals surface area contributed by atoms with Crippen LogP contribution in [0.4, 0.5) is 17.6 Å². The summed E-state index contributed by atoms with van der Waals surface area (Å²) in [6.45, 7) is 0.634. The molecule has 2 N–H and O–H groups in total. The number of hydrogen-bond acceptors (Lipinski definition) is 4. The fourth-order valence-electron chi connectivity index (χ4n) is 0.542. The Balaban J connectivity index is 5.10. The highest BCUT2D eigenvalue weighted by molar-refractivity contribution is 9.10. The van der Waals surface area contributed by atoms with Gasteiger partial charge in [0, 0.05) is 0 Å². The van der Waals surface area contributed by atoms with Gasteiger partial charge in [-0.15, -0.1) is 0 Å². The van der Waals surface area contributed by atoms with E-state index in [0.717, 1.165) is 6.92 Å². The van der Waals surface area contributed by atoms with E-state index in [-0.39, 0.29) is 0 Å². The zero-order chi connectivity index (χ0) is 12.5.